The summed E-state index contributed by atoms with van der Waals surface area (Å²) in [5, 5.41) is 10.4. The highest BCUT2D eigenvalue weighted by Crippen LogP contribution is 2.44. The number of amides is 1. The number of rotatable bonds is 7. The van der Waals surface area contributed by atoms with E-state index in [9.17, 15) is 9.18 Å². The van der Waals surface area contributed by atoms with Crippen molar-refractivity contribution in [2.24, 2.45) is 11.8 Å². The monoisotopic (exact) mass is 417 g/mol. The van der Waals surface area contributed by atoms with Crippen LogP contribution in [0.4, 0.5) is 15.8 Å². The Bertz CT molecular complexity index is 731. The lowest BCUT2D eigenvalue weighted by atomic mass is 9.73. The molecule has 1 aromatic rings. The van der Waals surface area contributed by atoms with Crippen LogP contribution in [0, 0.1) is 17.7 Å². The molecule has 0 spiro atoms. The molecule has 6 heteroatoms. The van der Waals surface area contributed by atoms with Gasteiger partial charge in [0.25, 0.3) is 0 Å². The van der Waals surface area contributed by atoms with Gasteiger partial charge in [0.05, 0.1) is 23.9 Å². The van der Waals surface area contributed by atoms with Gasteiger partial charge >= 0.3 is 0 Å². The Kier molecular flexibility index (Phi) is 6.81. The minimum Gasteiger partial charge on any atom is -0.377 e. The summed E-state index contributed by atoms with van der Waals surface area (Å²) in [5.41, 5.74) is 0.788. The van der Waals surface area contributed by atoms with Crippen molar-refractivity contribution in [3.05, 3.63) is 24.0 Å². The number of halogens is 1. The van der Waals surface area contributed by atoms with Crippen molar-refractivity contribution in [2.75, 3.05) is 23.8 Å². The van der Waals surface area contributed by atoms with Gasteiger partial charge in [-0.25, -0.2) is 4.39 Å². The van der Waals surface area contributed by atoms with Crippen molar-refractivity contribution >= 4 is 17.3 Å². The fourth-order valence-electron chi connectivity index (χ4n) is 5.67. The highest BCUT2D eigenvalue weighted by molar-refractivity contribution is 5.86. The van der Waals surface area contributed by atoms with Gasteiger partial charge in [-0.2, -0.15) is 0 Å². The number of benzene rings is 1. The third kappa shape index (κ3) is 4.58. The summed E-state index contributed by atoms with van der Waals surface area (Å²) in [5.74, 6) is -0.165. The fourth-order valence-corrected chi connectivity index (χ4v) is 5.67. The van der Waals surface area contributed by atoms with Gasteiger partial charge in [0.2, 0.25) is 5.91 Å². The number of ether oxygens (including phenoxy) is 1. The molecule has 0 aromatic heterocycles. The van der Waals surface area contributed by atoms with Gasteiger partial charge in [0.15, 0.2) is 0 Å². The van der Waals surface area contributed by atoms with Crippen LogP contribution in [0.5, 0.6) is 0 Å². The van der Waals surface area contributed by atoms with E-state index in [0.717, 1.165) is 44.2 Å². The summed E-state index contributed by atoms with van der Waals surface area (Å²) < 4.78 is 19.8. The molecule has 30 heavy (non-hydrogen) atoms. The highest BCUT2D eigenvalue weighted by Gasteiger charge is 2.51. The van der Waals surface area contributed by atoms with Crippen molar-refractivity contribution in [1.82, 2.24) is 5.32 Å². The summed E-state index contributed by atoms with van der Waals surface area (Å²) in [7, 11) is 0. The molecule has 4 rings (SSSR count). The summed E-state index contributed by atoms with van der Waals surface area (Å²) in [4.78, 5) is 13.8. The van der Waals surface area contributed by atoms with Crippen LogP contribution in [0.25, 0.3) is 0 Å². The van der Waals surface area contributed by atoms with E-state index in [-0.39, 0.29) is 29.6 Å². The van der Waals surface area contributed by atoms with Crippen LogP contribution < -0.4 is 16.0 Å². The zero-order valence-corrected chi connectivity index (χ0v) is 18.1. The Balaban J connectivity index is 1.63. The lowest BCUT2D eigenvalue weighted by Crippen LogP contribution is -2.61. The molecule has 1 aliphatic heterocycles. The van der Waals surface area contributed by atoms with Gasteiger partial charge in [-0.3, -0.25) is 4.79 Å². The topological polar surface area (TPSA) is 62.4 Å². The van der Waals surface area contributed by atoms with Crippen molar-refractivity contribution in [2.45, 2.75) is 82.8 Å². The molecular formula is C24H36FN3O2. The first-order valence-electron chi connectivity index (χ1n) is 11.9. The normalized spacial score (nSPS) is 25.8. The summed E-state index contributed by atoms with van der Waals surface area (Å²) in [6.07, 6.45) is 11.4. The van der Waals surface area contributed by atoms with E-state index < -0.39 is 5.66 Å². The molecule has 0 radical (unpaired) electrons. The molecule has 2 saturated carbocycles. The zero-order valence-electron chi connectivity index (χ0n) is 18.1. The minimum absolute atomic E-state index is 0.113. The lowest BCUT2D eigenvalue weighted by Gasteiger charge is -2.43. The van der Waals surface area contributed by atoms with E-state index >= 15 is 0 Å². The molecule has 2 atom stereocenters. The highest BCUT2D eigenvalue weighted by atomic mass is 19.1. The molecular weight excluding hydrogens is 381 g/mol. The molecule has 1 aromatic carbocycles. The van der Waals surface area contributed by atoms with Crippen LogP contribution in [0.1, 0.15) is 71.1 Å². The molecule has 5 nitrogen and oxygen atoms in total. The second-order valence-electron chi connectivity index (χ2n) is 9.27. The Morgan fingerprint density at radius 2 is 1.77 bits per heavy atom. The largest absolute Gasteiger partial charge is 0.377 e. The predicted molar refractivity (Wildman–Crippen MR) is 118 cm³/mol. The lowest BCUT2D eigenvalue weighted by molar-refractivity contribution is -0.131. The minimum atomic E-state index is -0.757. The quantitative estimate of drug-likeness (QED) is 0.582. The van der Waals surface area contributed by atoms with Crippen molar-refractivity contribution in [3.8, 4) is 0 Å². The smallest absolute Gasteiger partial charge is 0.227 e. The van der Waals surface area contributed by atoms with Crippen molar-refractivity contribution in [1.29, 1.82) is 0 Å². The maximum absolute atomic E-state index is 13.9. The van der Waals surface area contributed by atoms with E-state index in [2.05, 4.69) is 16.0 Å². The van der Waals surface area contributed by atoms with Gasteiger partial charge < -0.3 is 20.7 Å². The van der Waals surface area contributed by atoms with Crippen LogP contribution >= 0.6 is 0 Å². The standard InChI is InChI=1S/C24H36FN3O2/c1-2-30-16-24(27-20-14-13-18(25)15-21(20)28-24)22(17-9-5-3-6-10-17)23(29)26-19-11-7-4-8-12-19/h13-15,17,19,22,27-28H,2-12,16H2,1H3,(H,26,29). The molecule has 0 bridgehead atoms. The second kappa shape index (κ2) is 9.54. The predicted octanol–water partition coefficient (Wildman–Crippen LogP) is 5.04. The van der Waals surface area contributed by atoms with Gasteiger partial charge in [-0.05, 0) is 56.7 Å². The number of hydrogen-bond acceptors (Lipinski definition) is 4. The molecule has 2 aliphatic carbocycles. The van der Waals surface area contributed by atoms with E-state index in [1.165, 1.54) is 37.8 Å². The summed E-state index contributed by atoms with van der Waals surface area (Å²) >= 11 is 0. The number of hydrogen-bond donors (Lipinski definition) is 3. The third-order valence-corrected chi connectivity index (χ3v) is 7.12. The zero-order chi connectivity index (χ0) is 21.0. The summed E-state index contributed by atoms with van der Waals surface area (Å²) in [6, 6.07) is 4.99. The first-order chi connectivity index (χ1) is 14.6. The van der Waals surface area contributed by atoms with Gasteiger partial charge in [0.1, 0.15) is 11.5 Å². The third-order valence-electron chi connectivity index (χ3n) is 7.12. The molecule has 2 unspecified atom stereocenters. The van der Waals surface area contributed by atoms with E-state index in [1.807, 2.05) is 6.92 Å². The van der Waals surface area contributed by atoms with Crippen molar-refractivity contribution in [3.63, 3.8) is 0 Å². The van der Waals surface area contributed by atoms with Gasteiger partial charge in [-0.15, -0.1) is 0 Å². The Morgan fingerprint density at radius 1 is 1.10 bits per heavy atom. The summed E-state index contributed by atoms with van der Waals surface area (Å²) in [6.45, 7) is 2.89. The number of carbonyl (C=O) groups excluding carboxylic acids is 1. The first-order valence-corrected chi connectivity index (χ1v) is 11.9. The second-order valence-corrected chi connectivity index (χ2v) is 9.27. The number of carbonyl (C=O) groups is 1. The molecule has 166 valence electrons. The number of anilines is 2. The Labute approximate surface area is 179 Å². The SMILES string of the molecule is CCOCC1(C(C(=O)NC2CCCCC2)C2CCCCC2)Nc2ccc(F)cc2N1. The molecule has 2 fully saturated rings. The van der Waals surface area contributed by atoms with Crippen LogP contribution in [0.15, 0.2) is 18.2 Å². The van der Waals surface area contributed by atoms with Crippen LogP contribution in [0.2, 0.25) is 0 Å². The van der Waals surface area contributed by atoms with E-state index in [4.69, 9.17) is 4.74 Å². The molecule has 3 aliphatic rings. The average Bonchev–Trinajstić information content (AvgIpc) is 3.12. The molecule has 0 saturated heterocycles. The fraction of sp³-hybridized carbons (Fsp3) is 0.708. The molecule has 1 amide bonds. The maximum atomic E-state index is 13.9. The number of nitrogens with one attached hydrogen (secondary N) is 3. The Morgan fingerprint density at radius 3 is 2.47 bits per heavy atom. The number of fused-ring (bicyclic) bond motifs is 1. The van der Waals surface area contributed by atoms with E-state index in [0.29, 0.717) is 18.9 Å². The van der Waals surface area contributed by atoms with Gasteiger partial charge in [0, 0.05) is 12.6 Å². The Hall–Kier alpha value is -1.82. The average molecular weight is 418 g/mol. The van der Waals surface area contributed by atoms with Crippen LogP contribution in [-0.2, 0) is 9.53 Å². The van der Waals surface area contributed by atoms with Gasteiger partial charge in [-0.1, -0.05) is 38.5 Å². The molecule has 1 heterocycles. The van der Waals surface area contributed by atoms with Crippen LogP contribution in [0.3, 0.4) is 0 Å². The molecule has 3 N–H and O–H groups in total. The van der Waals surface area contributed by atoms with Crippen molar-refractivity contribution < 1.29 is 13.9 Å². The van der Waals surface area contributed by atoms with Crippen LogP contribution in [-0.4, -0.2) is 30.8 Å². The maximum Gasteiger partial charge on any atom is 0.227 e. The van der Waals surface area contributed by atoms with E-state index in [1.54, 1.807) is 6.07 Å². The first kappa shape index (κ1) is 21.4.